The highest BCUT2D eigenvalue weighted by molar-refractivity contribution is 7.47. The minimum absolute atomic E-state index is 0.0460. The smallest absolute Gasteiger partial charge is 0.462 e. The number of carbonyl (C=O) groups excluding carboxylic acids is 2. The molecule has 0 radical (unpaired) electrons. The van der Waals surface area contributed by atoms with Gasteiger partial charge in [-0.1, -0.05) is 178 Å². The number of hydrogen-bond acceptors (Lipinski definition) is 8. The van der Waals surface area contributed by atoms with Gasteiger partial charge in [-0.05, 0) is 51.4 Å². The van der Waals surface area contributed by atoms with Gasteiger partial charge in [-0.15, -0.1) is 0 Å². The monoisotopic (exact) mass is 796 g/mol. The van der Waals surface area contributed by atoms with E-state index in [0.717, 1.165) is 57.8 Å². The number of esters is 2. The van der Waals surface area contributed by atoms with Gasteiger partial charge in [0, 0.05) is 19.4 Å². The first kappa shape index (κ1) is 53.0. The van der Waals surface area contributed by atoms with Crippen LogP contribution in [0.1, 0.15) is 194 Å². The van der Waals surface area contributed by atoms with Crippen molar-refractivity contribution in [3.05, 3.63) is 48.6 Å². The molecule has 2 atom stereocenters. The molecule has 9 nitrogen and oxygen atoms in total. The molecule has 0 aliphatic carbocycles. The molecule has 3 N–H and O–H groups in total. The van der Waals surface area contributed by atoms with Crippen LogP contribution in [-0.4, -0.2) is 49.3 Å². The van der Waals surface area contributed by atoms with E-state index in [9.17, 15) is 19.0 Å². The number of allylic oxidation sites excluding steroid dienone is 8. The Hall–Kier alpha value is -2.03. The second-order valence-electron chi connectivity index (χ2n) is 14.5. The van der Waals surface area contributed by atoms with Gasteiger partial charge < -0.3 is 20.1 Å². The zero-order valence-corrected chi connectivity index (χ0v) is 36.0. The quantitative estimate of drug-likeness (QED) is 0.0268. The highest BCUT2D eigenvalue weighted by Crippen LogP contribution is 2.43. The van der Waals surface area contributed by atoms with Crippen LogP contribution in [0, 0.1) is 0 Å². The molecule has 0 aromatic heterocycles. The second-order valence-corrected chi connectivity index (χ2v) is 16.0. The summed E-state index contributed by atoms with van der Waals surface area (Å²) in [6.07, 6.45) is 47.2. The fourth-order valence-corrected chi connectivity index (χ4v) is 6.74. The first-order valence-corrected chi connectivity index (χ1v) is 23.6. The molecular formula is C45H82NO8P. The zero-order valence-electron chi connectivity index (χ0n) is 35.2. The first-order chi connectivity index (χ1) is 26.8. The van der Waals surface area contributed by atoms with Crippen molar-refractivity contribution >= 4 is 19.8 Å². The summed E-state index contributed by atoms with van der Waals surface area (Å²) >= 11 is 0. The predicted molar refractivity (Wildman–Crippen MR) is 229 cm³/mol. The van der Waals surface area contributed by atoms with Crippen LogP contribution in [0.15, 0.2) is 48.6 Å². The maximum atomic E-state index is 12.6. The molecule has 0 saturated heterocycles. The lowest BCUT2D eigenvalue weighted by Gasteiger charge is -2.19. The molecule has 0 aliphatic rings. The van der Waals surface area contributed by atoms with Crippen LogP contribution in [0.2, 0.25) is 0 Å². The Morgan fingerprint density at radius 3 is 1.49 bits per heavy atom. The van der Waals surface area contributed by atoms with Crippen LogP contribution in [0.5, 0.6) is 0 Å². The fraction of sp³-hybridized carbons (Fsp3) is 0.778. The lowest BCUT2D eigenvalue weighted by atomic mass is 10.0. The van der Waals surface area contributed by atoms with E-state index in [2.05, 4.69) is 62.5 Å². The standard InChI is InChI=1S/C45H82NO8P/c1-3-5-7-9-11-13-15-17-19-20-21-22-24-25-27-29-31-33-35-37-44(47)51-41-43(42-53-55(49,50)52-40-39-46)54-45(48)38-36-34-32-30-28-26-23-18-16-14-12-10-8-6-4-2/h6,8,12,14,18,23,28,30,43H,3-5,7,9-11,13,15-17,19-22,24-27,29,31-42,46H2,1-2H3,(H,49,50)/b8-6+,14-12+,23-18+,30-28+/t43-/m1/s1. The summed E-state index contributed by atoms with van der Waals surface area (Å²) in [5.41, 5.74) is 5.34. The third kappa shape index (κ3) is 41.4. The van der Waals surface area contributed by atoms with Gasteiger partial charge in [-0.3, -0.25) is 18.6 Å². The molecule has 0 aromatic rings. The molecule has 0 fully saturated rings. The summed E-state index contributed by atoms with van der Waals surface area (Å²) in [4.78, 5) is 34.9. The fourth-order valence-electron chi connectivity index (χ4n) is 5.98. The average Bonchev–Trinajstić information content (AvgIpc) is 3.17. The van der Waals surface area contributed by atoms with Crippen molar-refractivity contribution in [2.75, 3.05) is 26.4 Å². The summed E-state index contributed by atoms with van der Waals surface area (Å²) < 4.78 is 32.7. The topological polar surface area (TPSA) is 134 Å². The van der Waals surface area contributed by atoms with E-state index < -0.39 is 32.5 Å². The number of hydrogen-bond donors (Lipinski definition) is 2. The highest BCUT2D eigenvalue weighted by atomic mass is 31.2. The average molecular weight is 796 g/mol. The summed E-state index contributed by atoms with van der Waals surface area (Å²) in [5.74, 6) is -0.873. The zero-order chi connectivity index (χ0) is 40.3. The number of rotatable bonds is 41. The van der Waals surface area contributed by atoms with Gasteiger partial charge >= 0.3 is 19.8 Å². The number of ether oxygens (including phenoxy) is 2. The highest BCUT2D eigenvalue weighted by Gasteiger charge is 2.26. The number of nitrogens with two attached hydrogens (primary N) is 1. The minimum atomic E-state index is -4.39. The Kier molecular flexibility index (Phi) is 40.1. The van der Waals surface area contributed by atoms with Crippen LogP contribution in [0.4, 0.5) is 0 Å². The molecule has 0 spiro atoms. The van der Waals surface area contributed by atoms with E-state index in [1.54, 1.807) is 0 Å². The molecule has 1 unspecified atom stereocenters. The predicted octanol–water partition coefficient (Wildman–Crippen LogP) is 12.7. The van der Waals surface area contributed by atoms with Crippen LogP contribution in [-0.2, 0) is 32.7 Å². The molecule has 0 rings (SSSR count). The third-order valence-corrected chi connectivity index (χ3v) is 10.2. The molecule has 0 aliphatic heterocycles. The molecule has 0 aromatic carbocycles. The lowest BCUT2D eigenvalue weighted by Crippen LogP contribution is -2.29. The minimum Gasteiger partial charge on any atom is -0.462 e. The Bertz CT molecular complexity index is 1040. The van der Waals surface area contributed by atoms with Gasteiger partial charge in [0.05, 0.1) is 13.2 Å². The van der Waals surface area contributed by atoms with E-state index in [0.29, 0.717) is 6.42 Å². The van der Waals surface area contributed by atoms with E-state index in [-0.39, 0.29) is 32.6 Å². The van der Waals surface area contributed by atoms with Crippen molar-refractivity contribution in [1.29, 1.82) is 0 Å². The van der Waals surface area contributed by atoms with Crippen LogP contribution < -0.4 is 5.73 Å². The van der Waals surface area contributed by atoms with E-state index in [1.807, 2.05) is 0 Å². The molecule has 55 heavy (non-hydrogen) atoms. The number of carbonyl (C=O) groups is 2. The lowest BCUT2D eigenvalue weighted by molar-refractivity contribution is -0.161. The van der Waals surface area contributed by atoms with Crippen molar-refractivity contribution in [3.63, 3.8) is 0 Å². The second kappa shape index (κ2) is 41.6. The van der Waals surface area contributed by atoms with Gasteiger partial charge in [0.2, 0.25) is 0 Å². The maximum Gasteiger partial charge on any atom is 0.472 e. The Morgan fingerprint density at radius 2 is 1.00 bits per heavy atom. The van der Waals surface area contributed by atoms with Crippen LogP contribution >= 0.6 is 7.82 Å². The molecule has 0 heterocycles. The van der Waals surface area contributed by atoms with Gasteiger partial charge in [-0.2, -0.15) is 0 Å². The largest absolute Gasteiger partial charge is 0.472 e. The SMILES string of the molecule is CC/C=C/C/C=C/C/C=C/C/C=C/CCCCC(=O)O[C@H](COC(=O)CCCCCCCCCCCCCCCCCCCCC)COP(=O)(O)OCCN. The van der Waals surface area contributed by atoms with Crippen molar-refractivity contribution in [2.45, 2.75) is 200 Å². The molecule has 10 heteroatoms. The van der Waals surface area contributed by atoms with Crippen LogP contribution in [0.25, 0.3) is 0 Å². The van der Waals surface area contributed by atoms with Crippen molar-refractivity contribution < 1.29 is 37.6 Å². The van der Waals surface area contributed by atoms with E-state index >= 15 is 0 Å². The first-order valence-electron chi connectivity index (χ1n) is 22.1. The van der Waals surface area contributed by atoms with Crippen molar-refractivity contribution in [2.24, 2.45) is 5.73 Å². The van der Waals surface area contributed by atoms with Crippen molar-refractivity contribution in [3.8, 4) is 0 Å². The normalized spacial score (nSPS) is 13.7. The number of phosphoric acid groups is 1. The maximum absolute atomic E-state index is 12.6. The molecular weight excluding hydrogens is 713 g/mol. The molecule has 320 valence electrons. The third-order valence-electron chi connectivity index (χ3n) is 9.23. The summed E-state index contributed by atoms with van der Waals surface area (Å²) in [7, 11) is -4.39. The number of unbranched alkanes of at least 4 members (excludes halogenated alkanes) is 20. The summed E-state index contributed by atoms with van der Waals surface area (Å²) in [6, 6.07) is 0. The van der Waals surface area contributed by atoms with Gasteiger partial charge in [0.15, 0.2) is 6.10 Å². The van der Waals surface area contributed by atoms with Gasteiger partial charge in [-0.25, -0.2) is 4.57 Å². The van der Waals surface area contributed by atoms with E-state index in [1.165, 1.54) is 103 Å². The molecule has 0 saturated carbocycles. The van der Waals surface area contributed by atoms with Gasteiger partial charge in [0.1, 0.15) is 6.61 Å². The molecule has 0 amide bonds. The van der Waals surface area contributed by atoms with Crippen LogP contribution in [0.3, 0.4) is 0 Å². The summed E-state index contributed by atoms with van der Waals surface area (Å²) in [6.45, 7) is 3.58. The van der Waals surface area contributed by atoms with E-state index in [4.69, 9.17) is 24.3 Å². The Morgan fingerprint density at radius 1 is 0.564 bits per heavy atom. The summed E-state index contributed by atoms with van der Waals surface area (Å²) in [5, 5.41) is 0. The number of phosphoric ester groups is 1. The van der Waals surface area contributed by atoms with Gasteiger partial charge in [0.25, 0.3) is 0 Å². The molecule has 0 bridgehead atoms. The Balaban J connectivity index is 4.15. The van der Waals surface area contributed by atoms with Crippen molar-refractivity contribution in [1.82, 2.24) is 0 Å². The Labute approximate surface area is 336 Å².